The Hall–Kier alpha value is -3.84. The summed E-state index contributed by atoms with van der Waals surface area (Å²) in [6.45, 7) is 5.71. The summed E-state index contributed by atoms with van der Waals surface area (Å²) in [5.41, 5.74) is 2.99. The lowest BCUT2D eigenvalue weighted by atomic mass is 9.89. The van der Waals surface area contributed by atoms with Crippen molar-refractivity contribution in [2.24, 2.45) is 5.92 Å². The number of carbonyl (C=O) groups is 3. The minimum atomic E-state index is -0.266. The molecule has 2 amide bonds. The maximum absolute atomic E-state index is 13.8. The fourth-order valence-electron chi connectivity index (χ4n) is 5.02. The van der Waals surface area contributed by atoms with Crippen molar-refractivity contribution >= 4 is 40.8 Å². The molecule has 1 aliphatic rings. The van der Waals surface area contributed by atoms with Crippen LogP contribution in [0.3, 0.4) is 0 Å². The third kappa shape index (κ3) is 6.25. The van der Waals surface area contributed by atoms with E-state index in [1.807, 2.05) is 43.3 Å². The van der Waals surface area contributed by atoms with Gasteiger partial charge in [-0.1, -0.05) is 36.7 Å². The van der Waals surface area contributed by atoms with E-state index >= 15 is 0 Å². The molecule has 0 fully saturated rings. The van der Waals surface area contributed by atoms with E-state index in [1.54, 1.807) is 60.0 Å². The molecule has 0 saturated carbocycles. The van der Waals surface area contributed by atoms with Crippen LogP contribution in [0.15, 0.2) is 72.8 Å². The zero-order valence-corrected chi connectivity index (χ0v) is 23.4. The quantitative estimate of drug-likeness (QED) is 0.302. The zero-order valence-electron chi connectivity index (χ0n) is 22.6. The minimum Gasteiger partial charge on any atom is -0.494 e. The first kappa shape index (κ1) is 28.2. The maximum Gasteiger partial charge on any atom is 0.308 e. The van der Waals surface area contributed by atoms with Gasteiger partial charge in [-0.25, -0.2) is 0 Å². The number of nitrogens with zero attached hydrogens (tertiary/aromatic N) is 2. The Morgan fingerprint density at radius 2 is 1.69 bits per heavy atom. The topological polar surface area (TPSA) is 76.2 Å². The van der Waals surface area contributed by atoms with E-state index in [9.17, 15) is 14.4 Å². The summed E-state index contributed by atoms with van der Waals surface area (Å²) in [5, 5.41) is 0.601. The molecule has 4 rings (SSSR count). The van der Waals surface area contributed by atoms with E-state index in [4.69, 9.17) is 21.1 Å². The Morgan fingerprint density at radius 3 is 2.33 bits per heavy atom. The number of para-hydroxylation sites is 1. The van der Waals surface area contributed by atoms with Gasteiger partial charge < -0.3 is 19.3 Å². The third-order valence-corrected chi connectivity index (χ3v) is 7.31. The Bertz CT molecular complexity index is 1330. The molecule has 1 heterocycles. The number of carbonyl (C=O) groups excluding carboxylic acids is 3. The van der Waals surface area contributed by atoms with Gasteiger partial charge in [0.1, 0.15) is 5.75 Å². The molecule has 0 radical (unpaired) electrons. The number of methoxy groups -OCH3 is 1. The molecule has 3 atom stereocenters. The van der Waals surface area contributed by atoms with Crippen molar-refractivity contribution in [3.8, 4) is 5.75 Å². The molecule has 3 aromatic rings. The first-order valence-corrected chi connectivity index (χ1v) is 13.4. The number of fused-ring (bicyclic) bond motifs is 1. The van der Waals surface area contributed by atoms with Gasteiger partial charge >= 0.3 is 5.97 Å². The summed E-state index contributed by atoms with van der Waals surface area (Å²) in [6.07, 6.45) is 1.11. The second-order valence-electron chi connectivity index (χ2n) is 9.79. The highest BCUT2D eigenvalue weighted by atomic mass is 35.5. The van der Waals surface area contributed by atoms with Gasteiger partial charge in [0.2, 0.25) is 5.91 Å². The average molecular weight is 549 g/mol. The van der Waals surface area contributed by atoms with Gasteiger partial charge in [0.15, 0.2) is 0 Å². The molecule has 7 nitrogen and oxygen atoms in total. The molecule has 0 saturated heterocycles. The van der Waals surface area contributed by atoms with E-state index in [2.05, 4.69) is 0 Å². The molecular formula is C31H33ClN2O5. The molecule has 0 bridgehead atoms. The second-order valence-corrected chi connectivity index (χ2v) is 10.2. The highest BCUT2D eigenvalue weighted by Crippen LogP contribution is 2.43. The van der Waals surface area contributed by atoms with Gasteiger partial charge in [0.25, 0.3) is 5.91 Å². The number of esters is 1. The molecule has 39 heavy (non-hydrogen) atoms. The Balaban J connectivity index is 1.55. The number of rotatable bonds is 8. The van der Waals surface area contributed by atoms with Gasteiger partial charge in [-0.15, -0.1) is 0 Å². The molecule has 1 aliphatic heterocycles. The smallest absolute Gasteiger partial charge is 0.308 e. The lowest BCUT2D eigenvalue weighted by Crippen LogP contribution is -2.47. The fourth-order valence-corrected chi connectivity index (χ4v) is 5.15. The number of amides is 2. The Labute approximate surface area is 234 Å². The maximum atomic E-state index is 13.8. The number of anilines is 2. The molecule has 1 unspecified atom stereocenters. The lowest BCUT2D eigenvalue weighted by molar-refractivity contribution is -0.145. The van der Waals surface area contributed by atoms with Gasteiger partial charge in [0, 0.05) is 34.9 Å². The number of halogens is 1. The first-order valence-electron chi connectivity index (χ1n) is 13.0. The number of ether oxygens (including phenoxy) is 2. The van der Waals surface area contributed by atoms with Crippen LogP contribution in [0.4, 0.5) is 11.4 Å². The summed E-state index contributed by atoms with van der Waals surface area (Å²) in [4.78, 5) is 41.8. The van der Waals surface area contributed by atoms with Crippen LogP contribution < -0.4 is 14.5 Å². The summed E-state index contributed by atoms with van der Waals surface area (Å²) in [5.74, 6) is -0.104. The highest BCUT2D eigenvalue weighted by molar-refractivity contribution is 6.30. The summed E-state index contributed by atoms with van der Waals surface area (Å²) in [6, 6.07) is 21.6. The van der Waals surface area contributed by atoms with Crippen LogP contribution in [0.2, 0.25) is 5.02 Å². The zero-order chi connectivity index (χ0) is 28.1. The molecule has 0 N–H and O–H groups in total. The predicted molar refractivity (Wildman–Crippen MR) is 152 cm³/mol. The van der Waals surface area contributed by atoms with Gasteiger partial charge in [-0.05, 0) is 79.9 Å². The lowest BCUT2D eigenvalue weighted by Gasteiger charge is -2.43. The third-order valence-electron chi connectivity index (χ3n) is 7.06. The van der Waals surface area contributed by atoms with Gasteiger partial charge in [-0.2, -0.15) is 0 Å². The van der Waals surface area contributed by atoms with Crippen LogP contribution in [0.1, 0.15) is 55.6 Å². The number of hydrogen-bond acceptors (Lipinski definition) is 5. The second kappa shape index (κ2) is 12.3. The average Bonchev–Trinajstić information content (AvgIpc) is 2.93. The van der Waals surface area contributed by atoms with Crippen LogP contribution in [0.25, 0.3) is 0 Å². The van der Waals surface area contributed by atoms with Crippen LogP contribution in [-0.4, -0.2) is 37.5 Å². The van der Waals surface area contributed by atoms with Crippen molar-refractivity contribution in [3.63, 3.8) is 0 Å². The summed E-state index contributed by atoms with van der Waals surface area (Å²) < 4.78 is 10.5. The molecular weight excluding hydrogens is 516 g/mol. The van der Waals surface area contributed by atoms with Crippen molar-refractivity contribution in [1.29, 1.82) is 0 Å². The highest BCUT2D eigenvalue weighted by Gasteiger charge is 2.38. The van der Waals surface area contributed by atoms with E-state index in [0.717, 1.165) is 16.9 Å². The Kier molecular flexibility index (Phi) is 8.92. The molecule has 0 spiro atoms. The first-order chi connectivity index (χ1) is 18.7. The van der Waals surface area contributed by atoms with Crippen LogP contribution in [-0.2, 0) is 14.3 Å². The largest absolute Gasteiger partial charge is 0.494 e. The van der Waals surface area contributed by atoms with Crippen LogP contribution >= 0.6 is 11.6 Å². The molecule has 0 aromatic heterocycles. The van der Waals surface area contributed by atoms with Crippen molar-refractivity contribution in [1.82, 2.24) is 0 Å². The van der Waals surface area contributed by atoms with Crippen LogP contribution in [0.5, 0.6) is 5.75 Å². The molecule has 204 valence electrons. The normalized spacial score (nSPS) is 17.1. The molecule has 0 aliphatic carbocycles. The Morgan fingerprint density at radius 1 is 1.03 bits per heavy atom. The van der Waals surface area contributed by atoms with Crippen LogP contribution in [0, 0.1) is 5.92 Å². The predicted octanol–water partition coefficient (Wildman–Crippen LogP) is 6.45. The van der Waals surface area contributed by atoms with Crippen molar-refractivity contribution in [2.45, 2.75) is 45.7 Å². The van der Waals surface area contributed by atoms with Crippen molar-refractivity contribution < 1.29 is 23.9 Å². The van der Waals surface area contributed by atoms with E-state index in [1.165, 1.54) is 7.11 Å². The standard InChI is InChI=1S/C31H33ClN2O5/c1-20(31(37)38-4)17-18-39-26-15-9-23(10-16-26)30(36)33-21(2)19-29(27-7-5-6-8-28(27)33)34(22(3)35)25-13-11-24(32)12-14-25/h5-16,20-21,29H,17-19H2,1-4H3/t20-,21?,29+/m0/s1. The fraction of sp³-hybridized carbons (Fsp3) is 0.323. The summed E-state index contributed by atoms with van der Waals surface area (Å²) in [7, 11) is 1.37. The summed E-state index contributed by atoms with van der Waals surface area (Å²) >= 11 is 6.09. The molecule has 8 heteroatoms. The van der Waals surface area contributed by atoms with Gasteiger partial charge in [0.05, 0.1) is 25.7 Å². The van der Waals surface area contributed by atoms with Crippen molar-refractivity contribution in [3.05, 3.63) is 88.9 Å². The minimum absolute atomic E-state index is 0.0827. The molecule has 3 aromatic carbocycles. The van der Waals surface area contributed by atoms with E-state index in [0.29, 0.717) is 35.8 Å². The van der Waals surface area contributed by atoms with E-state index in [-0.39, 0.29) is 35.8 Å². The monoisotopic (exact) mass is 548 g/mol. The van der Waals surface area contributed by atoms with E-state index < -0.39 is 0 Å². The SMILES string of the molecule is COC(=O)[C@@H](C)CCOc1ccc(C(=O)N2c3ccccc3[C@H](N(C(C)=O)c3ccc(Cl)cc3)CC2C)cc1. The van der Waals surface area contributed by atoms with Crippen molar-refractivity contribution in [2.75, 3.05) is 23.5 Å². The van der Waals surface area contributed by atoms with Gasteiger partial charge in [-0.3, -0.25) is 14.4 Å². The number of hydrogen-bond donors (Lipinski definition) is 0. The number of benzene rings is 3.